The molecule has 3 nitrogen and oxygen atoms in total. The minimum Gasteiger partial charge on any atom is -0.290 e. The summed E-state index contributed by atoms with van der Waals surface area (Å²) in [5, 5.41) is -0.0245. The molecule has 1 aromatic rings. The van der Waals surface area contributed by atoms with E-state index in [1.165, 1.54) is 12.1 Å². The van der Waals surface area contributed by atoms with Crippen molar-refractivity contribution in [1.29, 1.82) is 0 Å². The van der Waals surface area contributed by atoms with Crippen LogP contribution < -0.4 is 11.3 Å². The smallest absolute Gasteiger partial charge is 0.265 e. The van der Waals surface area contributed by atoms with Crippen molar-refractivity contribution in [2.45, 2.75) is 0 Å². The zero-order valence-electron chi connectivity index (χ0n) is 5.97. The third-order valence-electron chi connectivity index (χ3n) is 1.31. The maximum absolute atomic E-state index is 12.7. The van der Waals surface area contributed by atoms with Gasteiger partial charge in [0.2, 0.25) is 0 Å². The van der Waals surface area contributed by atoms with Crippen molar-refractivity contribution in [3.05, 3.63) is 34.6 Å². The third kappa shape index (κ3) is 1.72. The number of halogens is 2. The number of hydrogen-bond donors (Lipinski definition) is 2. The standard InChI is InChI=1S/C7H6ClFN2O/c8-5-2-1-4(3-6(5)9)7(12)11-10/h1-3H,10H2,(H,11,12). The minimum absolute atomic E-state index is 0.0245. The maximum atomic E-state index is 12.7. The number of benzene rings is 1. The lowest BCUT2D eigenvalue weighted by molar-refractivity contribution is 0.0953. The van der Waals surface area contributed by atoms with Gasteiger partial charge in [-0.25, -0.2) is 10.2 Å². The van der Waals surface area contributed by atoms with E-state index in [4.69, 9.17) is 17.4 Å². The van der Waals surface area contributed by atoms with E-state index in [-0.39, 0.29) is 10.6 Å². The van der Waals surface area contributed by atoms with Gasteiger partial charge in [0.15, 0.2) is 0 Å². The molecule has 0 radical (unpaired) electrons. The van der Waals surface area contributed by atoms with E-state index in [9.17, 15) is 9.18 Å². The van der Waals surface area contributed by atoms with Crippen molar-refractivity contribution in [2.24, 2.45) is 5.84 Å². The second-order valence-electron chi connectivity index (χ2n) is 2.10. The molecule has 0 saturated heterocycles. The molecule has 0 aliphatic heterocycles. The SMILES string of the molecule is NNC(=O)c1ccc(Cl)c(F)c1. The largest absolute Gasteiger partial charge is 0.290 e. The molecule has 1 aromatic carbocycles. The predicted molar refractivity (Wildman–Crippen MR) is 43.1 cm³/mol. The van der Waals surface area contributed by atoms with Gasteiger partial charge in [-0.15, -0.1) is 0 Å². The molecule has 1 amide bonds. The minimum atomic E-state index is -0.641. The zero-order chi connectivity index (χ0) is 9.14. The average Bonchev–Trinajstić information content (AvgIpc) is 2.08. The molecule has 0 atom stereocenters. The first-order valence-electron chi connectivity index (χ1n) is 3.11. The Hall–Kier alpha value is -1.13. The summed E-state index contributed by atoms with van der Waals surface area (Å²) in [6.45, 7) is 0. The summed E-state index contributed by atoms with van der Waals surface area (Å²) in [4.78, 5) is 10.8. The number of carbonyl (C=O) groups excluding carboxylic acids is 1. The monoisotopic (exact) mass is 188 g/mol. The maximum Gasteiger partial charge on any atom is 0.265 e. The highest BCUT2D eigenvalue weighted by Gasteiger charge is 2.06. The highest BCUT2D eigenvalue weighted by molar-refractivity contribution is 6.30. The van der Waals surface area contributed by atoms with Gasteiger partial charge in [-0.2, -0.15) is 0 Å². The fourth-order valence-corrected chi connectivity index (χ4v) is 0.838. The van der Waals surface area contributed by atoms with Crippen LogP contribution in [0, 0.1) is 5.82 Å². The van der Waals surface area contributed by atoms with E-state index in [1.807, 2.05) is 5.43 Å². The van der Waals surface area contributed by atoms with Crippen LogP contribution in [0.15, 0.2) is 18.2 Å². The molecule has 0 aromatic heterocycles. The fourth-order valence-electron chi connectivity index (χ4n) is 0.721. The van der Waals surface area contributed by atoms with E-state index in [1.54, 1.807) is 0 Å². The molecule has 0 aliphatic rings. The number of hydrogen-bond acceptors (Lipinski definition) is 2. The van der Waals surface area contributed by atoms with E-state index < -0.39 is 11.7 Å². The molecule has 1 rings (SSSR count). The van der Waals surface area contributed by atoms with Crippen molar-refractivity contribution in [3.63, 3.8) is 0 Å². The fraction of sp³-hybridized carbons (Fsp3) is 0. The summed E-state index contributed by atoms with van der Waals surface area (Å²) in [6.07, 6.45) is 0. The Morgan fingerprint density at radius 2 is 2.25 bits per heavy atom. The molecule has 0 saturated carbocycles. The molecule has 3 N–H and O–H groups in total. The Morgan fingerprint density at radius 1 is 1.58 bits per heavy atom. The first-order valence-corrected chi connectivity index (χ1v) is 3.49. The first-order chi connectivity index (χ1) is 5.65. The van der Waals surface area contributed by atoms with Gasteiger partial charge in [0.1, 0.15) is 5.82 Å². The van der Waals surface area contributed by atoms with Gasteiger partial charge in [-0.05, 0) is 18.2 Å². The molecule has 5 heteroatoms. The lowest BCUT2D eigenvalue weighted by Crippen LogP contribution is -2.29. The van der Waals surface area contributed by atoms with Crippen LogP contribution in [-0.2, 0) is 0 Å². The van der Waals surface area contributed by atoms with Gasteiger partial charge in [0.25, 0.3) is 5.91 Å². The molecule has 12 heavy (non-hydrogen) atoms. The van der Waals surface area contributed by atoms with Crippen LogP contribution in [0.2, 0.25) is 5.02 Å². The number of hydrazine groups is 1. The summed E-state index contributed by atoms with van der Waals surface area (Å²) >= 11 is 5.39. The van der Waals surface area contributed by atoms with Gasteiger partial charge in [-0.1, -0.05) is 11.6 Å². The normalized spacial score (nSPS) is 9.58. The van der Waals surface area contributed by atoms with Crippen molar-refractivity contribution >= 4 is 17.5 Å². The van der Waals surface area contributed by atoms with Crippen molar-refractivity contribution in [3.8, 4) is 0 Å². The van der Waals surface area contributed by atoms with Crippen molar-refractivity contribution < 1.29 is 9.18 Å². The van der Waals surface area contributed by atoms with Gasteiger partial charge in [-0.3, -0.25) is 10.2 Å². The van der Waals surface area contributed by atoms with Gasteiger partial charge in [0, 0.05) is 5.56 Å². The number of nitrogen functional groups attached to an aromatic ring is 1. The van der Waals surface area contributed by atoms with Crippen LogP contribution in [0.25, 0.3) is 0 Å². The lowest BCUT2D eigenvalue weighted by atomic mass is 10.2. The van der Waals surface area contributed by atoms with Crippen molar-refractivity contribution in [2.75, 3.05) is 0 Å². The summed E-state index contributed by atoms with van der Waals surface area (Å²) in [5.41, 5.74) is 2.02. The van der Waals surface area contributed by atoms with Crippen LogP contribution in [0.1, 0.15) is 10.4 Å². The van der Waals surface area contributed by atoms with Gasteiger partial charge in [0.05, 0.1) is 5.02 Å². The molecule has 0 aliphatic carbocycles. The molecule has 0 heterocycles. The Bertz CT molecular complexity index is 316. The highest BCUT2D eigenvalue weighted by Crippen LogP contribution is 2.15. The van der Waals surface area contributed by atoms with Gasteiger partial charge >= 0.3 is 0 Å². The first kappa shape index (κ1) is 8.96. The van der Waals surface area contributed by atoms with Crippen LogP contribution in [0.4, 0.5) is 4.39 Å². The number of rotatable bonds is 1. The highest BCUT2D eigenvalue weighted by atomic mass is 35.5. The summed E-state index contributed by atoms with van der Waals surface area (Å²) < 4.78 is 12.7. The Morgan fingerprint density at radius 3 is 2.75 bits per heavy atom. The van der Waals surface area contributed by atoms with E-state index in [0.29, 0.717) is 0 Å². The molecule has 0 fully saturated rings. The molecular formula is C7H6ClFN2O. The zero-order valence-corrected chi connectivity index (χ0v) is 6.73. The molecule has 0 unspecified atom stereocenters. The molecule has 64 valence electrons. The quantitative estimate of drug-likeness (QED) is 0.394. The van der Waals surface area contributed by atoms with Crippen LogP contribution in [0.3, 0.4) is 0 Å². The van der Waals surface area contributed by atoms with E-state index in [0.717, 1.165) is 6.07 Å². The predicted octanol–water partition coefficient (Wildman–Crippen LogP) is 1.08. The Kier molecular flexibility index (Phi) is 2.62. The Labute approximate surface area is 73.3 Å². The number of nitrogens with one attached hydrogen (secondary N) is 1. The van der Waals surface area contributed by atoms with Crippen LogP contribution >= 0.6 is 11.6 Å². The number of amides is 1. The molecule has 0 spiro atoms. The summed E-state index contributed by atoms with van der Waals surface area (Å²) in [7, 11) is 0. The summed E-state index contributed by atoms with van der Waals surface area (Å²) in [5.74, 6) is 3.65. The number of nitrogens with two attached hydrogens (primary N) is 1. The number of carbonyl (C=O) groups is 1. The molecule has 0 bridgehead atoms. The van der Waals surface area contributed by atoms with Gasteiger partial charge < -0.3 is 0 Å². The van der Waals surface area contributed by atoms with Crippen LogP contribution in [-0.4, -0.2) is 5.91 Å². The topological polar surface area (TPSA) is 55.1 Å². The van der Waals surface area contributed by atoms with E-state index in [2.05, 4.69) is 0 Å². The van der Waals surface area contributed by atoms with Crippen LogP contribution in [0.5, 0.6) is 0 Å². The summed E-state index contributed by atoms with van der Waals surface area (Å²) in [6, 6.07) is 3.69. The Balaban J connectivity index is 3.05. The second kappa shape index (κ2) is 3.51. The lowest BCUT2D eigenvalue weighted by Gasteiger charge is -1.99. The molecular weight excluding hydrogens is 183 g/mol. The average molecular weight is 189 g/mol. The van der Waals surface area contributed by atoms with Crippen molar-refractivity contribution in [1.82, 2.24) is 5.43 Å². The van der Waals surface area contributed by atoms with E-state index >= 15 is 0 Å². The second-order valence-corrected chi connectivity index (χ2v) is 2.51. The third-order valence-corrected chi connectivity index (χ3v) is 1.62.